The molecule has 0 amide bonds. The Labute approximate surface area is 401 Å². The standard InChI is InChI=1S/C62H32N4OS2/c1-64-54-52(35-16-4-2-5-17-35)53(36-18-6-3-7-19-36)55(47(34-63)56(54)65-48-24-12-8-20-37(48)41-28-31-44-38-21-9-13-25-49(38)67-60(44)57(41)65)66-58-42(29-32-45-39-22-10-14-26-50(39)68-61(45)58)43-30-33-46-40-23-11-15-27-51(40)69-62(46)59(43)66/h2-33H. The first-order valence-electron chi connectivity index (χ1n) is 22.9. The van der Waals surface area contributed by atoms with Crippen molar-refractivity contribution in [1.82, 2.24) is 9.13 Å². The van der Waals surface area contributed by atoms with Crippen LogP contribution in [0.15, 0.2) is 199 Å². The Morgan fingerprint density at radius 1 is 0.435 bits per heavy atom. The fourth-order valence-electron chi connectivity index (χ4n) is 11.4. The summed E-state index contributed by atoms with van der Waals surface area (Å²) in [6.07, 6.45) is 0. The molecule has 0 bridgehead atoms. The van der Waals surface area contributed by atoms with Crippen LogP contribution in [0.5, 0.6) is 0 Å². The SMILES string of the molecule is [C-]#[N+]c1c(-c2ccccc2)c(-c2ccccc2)c(-n2c3c(ccc4c5ccccc5sc43)c3ccc4c5ccccc5sc4c32)c(C#N)c1-n1c2ccccc2c2ccc3c4ccccc4oc3c21. The van der Waals surface area contributed by atoms with Gasteiger partial charge in [0.2, 0.25) is 5.69 Å². The number of nitrogens with zero attached hydrogens (tertiary/aromatic N) is 4. The average Bonchev–Trinajstić information content (AvgIpc) is 4.23. The summed E-state index contributed by atoms with van der Waals surface area (Å²) in [5, 5.41) is 23.3. The van der Waals surface area contributed by atoms with E-state index in [2.05, 4.69) is 166 Å². The molecule has 0 fully saturated rings. The molecule has 0 atom stereocenters. The number of hydrogen-bond acceptors (Lipinski definition) is 4. The van der Waals surface area contributed by atoms with Gasteiger partial charge in [0.25, 0.3) is 0 Å². The van der Waals surface area contributed by atoms with Crippen molar-refractivity contribution in [3.8, 4) is 39.7 Å². The van der Waals surface area contributed by atoms with Crippen molar-refractivity contribution in [2.24, 2.45) is 0 Å². The fourth-order valence-corrected chi connectivity index (χ4v) is 13.8. The predicted molar refractivity (Wildman–Crippen MR) is 290 cm³/mol. The monoisotopic (exact) mass is 912 g/mol. The number of thiophene rings is 2. The van der Waals surface area contributed by atoms with Crippen molar-refractivity contribution in [3.05, 3.63) is 211 Å². The third-order valence-corrected chi connectivity index (χ3v) is 16.6. The smallest absolute Gasteiger partial charge is 0.220 e. The number of para-hydroxylation sites is 2. The molecule has 10 aromatic carbocycles. The molecule has 0 aliphatic heterocycles. The van der Waals surface area contributed by atoms with E-state index >= 15 is 0 Å². The summed E-state index contributed by atoms with van der Waals surface area (Å²) < 4.78 is 16.2. The maximum Gasteiger partial charge on any atom is 0.220 e. The second kappa shape index (κ2) is 14.3. The lowest BCUT2D eigenvalue weighted by molar-refractivity contribution is 0.671. The largest absolute Gasteiger partial charge is 0.454 e. The van der Waals surface area contributed by atoms with Gasteiger partial charge >= 0.3 is 0 Å². The number of furan rings is 1. The first-order valence-corrected chi connectivity index (χ1v) is 24.5. The van der Waals surface area contributed by atoms with Crippen LogP contribution in [0.3, 0.4) is 0 Å². The van der Waals surface area contributed by atoms with Gasteiger partial charge in [0.05, 0.1) is 55.0 Å². The van der Waals surface area contributed by atoms with E-state index in [4.69, 9.17) is 4.42 Å². The van der Waals surface area contributed by atoms with Gasteiger partial charge in [0.1, 0.15) is 11.7 Å². The van der Waals surface area contributed by atoms with Gasteiger partial charge < -0.3 is 13.6 Å². The van der Waals surface area contributed by atoms with E-state index in [-0.39, 0.29) is 0 Å². The Bertz CT molecular complexity index is 4670. The Morgan fingerprint density at radius 3 is 1.54 bits per heavy atom. The van der Waals surface area contributed by atoms with E-state index in [0.29, 0.717) is 22.5 Å². The number of benzene rings is 10. The molecule has 69 heavy (non-hydrogen) atoms. The van der Waals surface area contributed by atoms with Crippen LogP contribution in [-0.4, -0.2) is 9.13 Å². The van der Waals surface area contributed by atoms with Crippen molar-refractivity contribution >= 4 is 134 Å². The number of fused-ring (bicyclic) bond motifs is 18. The summed E-state index contributed by atoms with van der Waals surface area (Å²) >= 11 is 3.58. The quantitative estimate of drug-likeness (QED) is 0.165. The molecular weight excluding hydrogens is 881 g/mol. The van der Waals surface area contributed by atoms with Crippen LogP contribution in [0.2, 0.25) is 0 Å². The average molecular weight is 913 g/mol. The molecule has 0 N–H and O–H groups in total. The first-order chi connectivity index (χ1) is 34.2. The summed E-state index contributed by atoms with van der Waals surface area (Å²) in [7, 11) is 0. The van der Waals surface area contributed by atoms with Crippen LogP contribution in [0, 0.1) is 17.9 Å². The van der Waals surface area contributed by atoms with Crippen LogP contribution in [0.4, 0.5) is 5.69 Å². The highest BCUT2D eigenvalue weighted by Crippen LogP contribution is 2.55. The molecule has 0 aliphatic rings. The van der Waals surface area contributed by atoms with E-state index in [0.717, 1.165) is 108 Å². The highest BCUT2D eigenvalue weighted by molar-refractivity contribution is 7.27. The Balaban J connectivity index is 1.26. The van der Waals surface area contributed by atoms with Gasteiger partial charge in [0.15, 0.2) is 5.58 Å². The molecule has 0 aliphatic carbocycles. The molecule has 0 radical (unpaired) electrons. The summed E-state index contributed by atoms with van der Waals surface area (Å²) in [6.45, 7) is 9.40. The van der Waals surface area contributed by atoms with E-state index in [1.807, 2.05) is 48.5 Å². The lowest BCUT2D eigenvalue weighted by atomic mass is 9.87. The predicted octanol–water partition coefficient (Wildman–Crippen LogP) is 18.3. The number of aromatic nitrogens is 2. The van der Waals surface area contributed by atoms with Gasteiger partial charge in [-0.15, -0.1) is 22.7 Å². The first kappa shape index (κ1) is 38.2. The number of hydrogen-bond donors (Lipinski definition) is 0. The molecule has 7 heteroatoms. The molecule has 0 unspecified atom stereocenters. The number of nitriles is 1. The topological polar surface area (TPSA) is 51.1 Å². The minimum Gasteiger partial charge on any atom is -0.454 e. The van der Waals surface area contributed by atoms with Crippen molar-refractivity contribution in [3.63, 3.8) is 0 Å². The Morgan fingerprint density at radius 2 is 0.928 bits per heavy atom. The van der Waals surface area contributed by atoms with E-state index in [1.54, 1.807) is 22.7 Å². The number of rotatable bonds is 4. The summed E-state index contributed by atoms with van der Waals surface area (Å²) in [4.78, 5) is 4.58. The third kappa shape index (κ3) is 5.10. The maximum absolute atomic E-state index is 12.4. The van der Waals surface area contributed by atoms with Crippen LogP contribution < -0.4 is 0 Å². The molecule has 0 saturated heterocycles. The Hall–Kier alpha value is -8.98. The lowest BCUT2D eigenvalue weighted by Gasteiger charge is -2.25. The lowest BCUT2D eigenvalue weighted by Crippen LogP contribution is -2.09. The molecular formula is C62H32N4OS2. The van der Waals surface area contributed by atoms with Crippen molar-refractivity contribution in [1.29, 1.82) is 5.26 Å². The minimum atomic E-state index is 0.385. The van der Waals surface area contributed by atoms with Crippen LogP contribution in [-0.2, 0) is 0 Å². The molecule has 15 aromatic rings. The second-order valence-corrected chi connectivity index (χ2v) is 19.7. The molecule has 318 valence electrons. The van der Waals surface area contributed by atoms with Crippen LogP contribution >= 0.6 is 22.7 Å². The van der Waals surface area contributed by atoms with Crippen molar-refractivity contribution in [2.75, 3.05) is 0 Å². The van der Waals surface area contributed by atoms with Crippen LogP contribution in [0.25, 0.3) is 144 Å². The third-order valence-electron chi connectivity index (χ3n) is 14.2. The minimum absolute atomic E-state index is 0.385. The molecule has 5 heterocycles. The zero-order valence-corrected chi connectivity index (χ0v) is 38.1. The molecule has 0 saturated carbocycles. The second-order valence-electron chi connectivity index (χ2n) is 17.6. The van der Waals surface area contributed by atoms with E-state index in [1.165, 1.54) is 20.2 Å². The normalized spacial score (nSPS) is 12.0. The fraction of sp³-hybridized carbons (Fsp3) is 0. The summed E-state index contributed by atoms with van der Waals surface area (Å²) in [5.41, 5.74) is 10.6. The van der Waals surface area contributed by atoms with Gasteiger partial charge in [-0.1, -0.05) is 164 Å². The van der Waals surface area contributed by atoms with Gasteiger partial charge in [-0.3, -0.25) is 0 Å². The maximum atomic E-state index is 12.4. The van der Waals surface area contributed by atoms with Crippen molar-refractivity contribution in [2.45, 2.75) is 0 Å². The van der Waals surface area contributed by atoms with Gasteiger partial charge in [0, 0.05) is 68.8 Å². The molecule has 5 nitrogen and oxygen atoms in total. The zero-order valence-electron chi connectivity index (χ0n) is 36.5. The Kier molecular flexibility index (Phi) is 7.89. The van der Waals surface area contributed by atoms with E-state index in [9.17, 15) is 11.8 Å². The molecule has 15 rings (SSSR count). The van der Waals surface area contributed by atoms with Crippen LogP contribution in [0.1, 0.15) is 5.56 Å². The zero-order chi connectivity index (χ0) is 45.5. The van der Waals surface area contributed by atoms with Crippen molar-refractivity contribution < 1.29 is 4.42 Å². The van der Waals surface area contributed by atoms with E-state index < -0.39 is 0 Å². The van der Waals surface area contributed by atoms with Gasteiger partial charge in [-0.2, -0.15) is 5.26 Å². The molecule has 0 spiro atoms. The van der Waals surface area contributed by atoms with Gasteiger partial charge in [-0.25, -0.2) is 4.85 Å². The highest BCUT2D eigenvalue weighted by Gasteiger charge is 2.33. The molecule has 5 aromatic heterocycles. The summed E-state index contributed by atoms with van der Waals surface area (Å²) in [5.74, 6) is 0. The summed E-state index contributed by atoms with van der Waals surface area (Å²) in [6, 6.07) is 70.7. The van der Waals surface area contributed by atoms with Gasteiger partial charge in [-0.05, 0) is 47.0 Å². The highest BCUT2D eigenvalue weighted by atomic mass is 32.1.